The molecule has 0 saturated heterocycles. The molecule has 5 nitrogen and oxygen atoms in total. The summed E-state index contributed by atoms with van der Waals surface area (Å²) in [5.74, 6) is -1.39. The number of carbonyl (C=O) groups excluding carboxylic acids is 2. The lowest BCUT2D eigenvalue weighted by Crippen LogP contribution is -2.36. The molecule has 2 atom stereocenters. The van der Waals surface area contributed by atoms with Crippen LogP contribution in [0.1, 0.15) is 13.3 Å². The highest BCUT2D eigenvalue weighted by atomic mass is 16.5. The van der Waals surface area contributed by atoms with Crippen molar-refractivity contribution < 1.29 is 14.3 Å². The van der Waals surface area contributed by atoms with Crippen LogP contribution in [0.5, 0.6) is 0 Å². The molecule has 0 fully saturated rings. The van der Waals surface area contributed by atoms with Gasteiger partial charge in [0.1, 0.15) is 6.04 Å². The molecule has 1 amide bonds. The predicted molar refractivity (Wildman–Crippen MR) is 43.0 cm³/mol. The van der Waals surface area contributed by atoms with Crippen molar-refractivity contribution >= 4 is 11.9 Å². The Morgan fingerprint density at radius 1 is 1.50 bits per heavy atom. The minimum atomic E-state index is -0.766. The number of hydrogen-bond donors (Lipinski definition) is 2. The van der Waals surface area contributed by atoms with Crippen molar-refractivity contribution in [2.45, 2.75) is 19.4 Å². The number of rotatable bonds is 4. The van der Waals surface area contributed by atoms with Crippen LogP contribution in [0, 0.1) is 5.92 Å². The molecule has 0 aliphatic carbocycles. The normalized spacial score (nSPS) is 14.9. The molecule has 0 aromatic rings. The molecule has 0 aromatic carbocycles. The Balaban J connectivity index is 3.91. The average Bonchev–Trinajstić information content (AvgIpc) is 2.02. The Morgan fingerprint density at radius 2 is 2.00 bits per heavy atom. The summed E-state index contributed by atoms with van der Waals surface area (Å²) in [6.45, 7) is 1.62. The van der Waals surface area contributed by atoms with E-state index in [4.69, 9.17) is 11.5 Å². The molecular weight excluding hydrogens is 160 g/mol. The largest absolute Gasteiger partial charge is 0.468 e. The Labute approximate surface area is 71.0 Å². The van der Waals surface area contributed by atoms with Crippen molar-refractivity contribution in [2.24, 2.45) is 17.4 Å². The number of esters is 1. The van der Waals surface area contributed by atoms with Gasteiger partial charge in [0.25, 0.3) is 0 Å². The second-order valence-electron chi connectivity index (χ2n) is 2.67. The lowest BCUT2D eigenvalue weighted by molar-refractivity contribution is -0.142. The minimum absolute atomic E-state index is 0.224. The van der Waals surface area contributed by atoms with E-state index in [1.54, 1.807) is 6.92 Å². The van der Waals surface area contributed by atoms with Crippen LogP contribution in [0.3, 0.4) is 0 Å². The number of hydrogen-bond acceptors (Lipinski definition) is 4. The molecule has 0 aliphatic heterocycles. The molecule has 0 heterocycles. The lowest BCUT2D eigenvalue weighted by atomic mass is 10.0. The van der Waals surface area contributed by atoms with E-state index < -0.39 is 23.8 Å². The van der Waals surface area contributed by atoms with Crippen molar-refractivity contribution in [3.05, 3.63) is 0 Å². The SMILES string of the molecule is COC(=O)[C@@H](N)CC(C)C(N)=O. The smallest absolute Gasteiger partial charge is 0.322 e. The Bertz CT molecular complexity index is 181. The van der Waals surface area contributed by atoms with Gasteiger partial charge in [-0.15, -0.1) is 0 Å². The molecule has 4 N–H and O–H groups in total. The third-order valence-electron chi connectivity index (χ3n) is 1.60. The number of primary amides is 1. The first-order valence-electron chi connectivity index (χ1n) is 3.61. The van der Waals surface area contributed by atoms with E-state index >= 15 is 0 Å². The van der Waals surface area contributed by atoms with E-state index in [0.717, 1.165) is 0 Å². The van der Waals surface area contributed by atoms with Crippen LogP contribution in [-0.2, 0) is 14.3 Å². The van der Waals surface area contributed by atoms with Crippen LogP contribution in [0.4, 0.5) is 0 Å². The molecule has 0 rings (SSSR count). The first kappa shape index (κ1) is 10.9. The van der Waals surface area contributed by atoms with Gasteiger partial charge in [-0.1, -0.05) is 6.92 Å². The number of nitrogens with two attached hydrogens (primary N) is 2. The minimum Gasteiger partial charge on any atom is -0.468 e. The summed E-state index contributed by atoms with van der Waals surface area (Å²) >= 11 is 0. The number of carbonyl (C=O) groups is 2. The monoisotopic (exact) mass is 174 g/mol. The molecule has 0 radical (unpaired) electrons. The highest BCUT2D eigenvalue weighted by molar-refractivity contribution is 5.79. The van der Waals surface area contributed by atoms with E-state index in [0.29, 0.717) is 0 Å². The topological polar surface area (TPSA) is 95.4 Å². The van der Waals surface area contributed by atoms with Crippen molar-refractivity contribution in [1.29, 1.82) is 0 Å². The van der Waals surface area contributed by atoms with Crippen molar-refractivity contribution in [3.63, 3.8) is 0 Å². The molecule has 5 heteroatoms. The van der Waals surface area contributed by atoms with Gasteiger partial charge in [0, 0.05) is 5.92 Å². The predicted octanol–water partition coefficient (Wildman–Crippen LogP) is -1.00. The third kappa shape index (κ3) is 3.34. The molecule has 0 bridgehead atoms. The van der Waals surface area contributed by atoms with Crippen molar-refractivity contribution in [1.82, 2.24) is 0 Å². The summed E-state index contributed by atoms with van der Waals surface area (Å²) in [7, 11) is 1.25. The van der Waals surface area contributed by atoms with Gasteiger partial charge in [-0.25, -0.2) is 0 Å². The zero-order valence-electron chi connectivity index (χ0n) is 7.24. The fraction of sp³-hybridized carbons (Fsp3) is 0.714. The molecule has 70 valence electrons. The Morgan fingerprint density at radius 3 is 2.33 bits per heavy atom. The Kier molecular flexibility index (Phi) is 4.28. The van der Waals surface area contributed by atoms with Crippen LogP contribution in [0.2, 0.25) is 0 Å². The molecule has 12 heavy (non-hydrogen) atoms. The maximum absolute atomic E-state index is 10.8. The molecule has 1 unspecified atom stereocenters. The zero-order valence-corrected chi connectivity index (χ0v) is 7.24. The first-order chi connectivity index (χ1) is 5.49. The molecule has 0 spiro atoms. The summed E-state index contributed by atoms with van der Waals surface area (Å²) < 4.78 is 4.38. The molecule has 0 aliphatic rings. The van der Waals surface area contributed by atoms with E-state index in [2.05, 4.69) is 4.74 Å². The third-order valence-corrected chi connectivity index (χ3v) is 1.60. The van der Waals surface area contributed by atoms with Crippen LogP contribution in [-0.4, -0.2) is 25.0 Å². The first-order valence-corrected chi connectivity index (χ1v) is 3.61. The van der Waals surface area contributed by atoms with Crippen molar-refractivity contribution in [2.75, 3.05) is 7.11 Å². The van der Waals surface area contributed by atoms with Gasteiger partial charge in [0.2, 0.25) is 5.91 Å². The van der Waals surface area contributed by atoms with Gasteiger partial charge < -0.3 is 16.2 Å². The number of methoxy groups -OCH3 is 1. The Hall–Kier alpha value is -1.10. The van der Waals surface area contributed by atoms with Gasteiger partial charge in [0.15, 0.2) is 0 Å². The van der Waals surface area contributed by atoms with Crippen LogP contribution < -0.4 is 11.5 Å². The van der Waals surface area contributed by atoms with Gasteiger partial charge in [0.05, 0.1) is 7.11 Å². The van der Waals surface area contributed by atoms with Crippen LogP contribution in [0.25, 0.3) is 0 Å². The maximum atomic E-state index is 10.8. The summed E-state index contributed by atoms with van der Waals surface area (Å²) in [5.41, 5.74) is 10.4. The van der Waals surface area contributed by atoms with Crippen molar-refractivity contribution in [3.8, 4) is 0 Å². The molecule has 0 saturated carbocycles. The van der Waals surface area contributed by atoms with Gasteiger partial charge in [-0.2, -0.15) is 0 Å². The highest BCUT2D eigenvalue weighted by Gasteiger charge is 2.19. The molecular formula is C7H14N2O3. The maximum Gasteiger partial charge on any atom is 0.322 e. The summed E-state index contributed by atoms with van der Waals surface area (Å²) in [6, 6.07) is -0.766. The second kappa shape index (κ2) is 4.71. The van der Waals surface area contributed by atoms with Crippen LogP contribution in [0.15, 0.2) is 0 Å². The fourth-order valence-corrected chi connectivity index (χ4v) is 0.745. The lowest BCUT2D eigenvalue weighted by Gasteiger charge is -2.11. The molecule has 0 aromatic heterocycles. The van der Waals surface area contributed by atoms with Gasteiger partial charge in [-0.05, 0) is 6.42 Å². The highest BCUT2D eigenvalue weighted by Crippen LogP contribution is 2.04. The van der Waals surface area contributed by atoms with E-state index in [-0.39, 0.29) is 6.42 Å². The number of amides is 1. The fourth-order valence-electron chi connectivity index (χ4n) is 0.745. The van der Waals surface area contributed by atoms with Gasteiger partial charge >= 0.3 is 5.97 Å². The quantitative estimate of drug-likeness (QED) is 0.534. The zero-order chi connectivity index (χ0) is 9.72. The van der Waals surface area contributed by atoms with Gasteiger partial charge in [-0.3, -0.25) is 9.59 Å². The number of ether oxygens (including phenoxy) is 1. The van der Waals surface area contributed by atoms with E-state index in [1.165, 1.54) is 7.11 Å². The summed E-state index contributed by atoms with van der Waals surface area (Å²) in [5, 5.41) is 0. The second-order valence-corrected chi connectivity index (χ2v) is 2.67. The summed E-state index contributed by atoms with van der Waals surface area (Å²) in [4.78, 5) is 21.3. The standard InChI is InChI=1S/C7H14N2O3/c1-4(6(9)10)3-5(8)7(11)12-2/h4-5H,3,8H2,1-2H3,(H2,9,10)/t4?,5-/m0/s1. The van der Waals surface area contributed by atoms with Crippen LogP contribution >= 0.6 is 0 Å². The summed E-state index contributed by atoms with van der Waals surface area (Å²) in [6.07, 6.45) is 0.224. The average molecular weight is 174 g/mol. The van der Waals surface area contributed by atoms with E-state index in [9.17, 15) is 9.59 Å². The van der Waals surface area contributed by atoms with E-state index in [1.807, 2.05) is 0 Å².